The minimum Gasteiger partial charge on any atom is -0.337 e. The number of carbonyl (C=O) groups excluding carboxylic acids is 1. The van der Waals surface area contributed by atoms with E-state index in [2.05, 4.69) is 43.4 Å². The number of urea groups is 1. The number of rotatable bonds is 5. The minimum absolute atomic E-state index is 0.0790. The van der Waals surface area contributed by atoms with E-state index in [1.807, 2.05) is 13.8 Å². The Morgan fingerprint density at radius 3 is 2.42 bits per heavy atom. The SMILES string of the molecule is CCN(C(=O)NCC(C)(C)c1ccc(C)cc1)C1CCS(=O)(=O)C1. The molecule has 1 atom stereocenters. The van der Waals surface area contributed by atoms with Crippen LogP contribution in [0.1, 0.15) is 38.3 Å². The number of sulfone groups is 1. The fourth-order valence-electron chi connectivity index (χ4n) is 3.09. The summed E-state index contributed by atoms with van der Waals surface area (Å²) in [4.78, 5) is 14.2. The summed E-state index contributed by atoms with van der Waals surface area (Å²) in [6.45, 7) is 9.13. The first kappa shape index (κ1) is 18.8. The first-order valence-electron chi connectivity index (χ1n) is 8.46. The van der Waals surface area contributed by atoms with Gasteiger partial charge in [-0.3, -0.25) is 0 Å². The highest BCUT2D eigenvalue weighted by atomic mass is 32.2. The summed E-state index contributed by atoms with van der Waals surface area (Å²) in [7, 11) is -3.00. The zero-order valence-corrected chi connectivity index (χ0v) is 15.8. The van der Waals surface area contributed by atoms with Crippen molar-refractivity contribution in [3.8, 4) is 0 Å². The molecular weight excluding hydrogens is 324 g/mol. The highest BCUT2D eigenvalue weighted by Crippen LogP contribution is 2.23. The van der Waals surface area contributed by atoms with E-state index >= 15 is 0 Å². The standard InChI is InChI=1S/C18H28N2O3S/c1-5-20(16-10-11-24(22,23)12-16)17(21)19-13-18(3,4)15-8-6-14(2)7-9-15/h6-9,16H,5,10-13H2,1-4H3,(H,19,21). The van der Waals surface area contributed by atoms with Gasteiger partial charge in [-0.2, -0.15) is 0 Å². The molecule has 0 aromatic heterocycles. The highest BCUT2D eigenvalue weighted by Gasteiger charge is 2.34. The van der Waals surface area contributed by atoms with Gasteiger partial charge >= 0.3 is 6.03 Å². The van der Waals surface area contributed by atoms with E-state index in [-0.39, 0.29) is 29.0 Å². The van der Waals surface area contributed by atoms with Crippen LogP contribution in [0.3, 0.4) is 0 Å². The van der Waals surface area contributed by atoms with Crippen molar-refractivity contribution < 1.29 is 13.2 Å². The molecule has 2 amide bonds. The van der Waals surface area contributed by atoms with Gasteiger partial charge in [0.2, 0.25) is 0 Å². The number of amides is 2. The molecule has 1 aliphatic heterocycles. The molecule has 2 rings (SSSR count). The van der Waals surface area contributed by atoms with Crippen LogP contribution in [-0.4, -0.2) is 50.0 Å². The maximum atomic E-state index is 12.5. The summed E-state index contributed by atoms with van der Waals surface area (Å²) in [6.07, 6.45) is 0.533. The second kappa shape index (κ2) is 7.13. The molecular formula is C18H28N2O3S. The molecule has 1 aromatic carbocycles. The lowest BCUT2D eigenvalue weighted by Crippen LogP contribution is -2.49. The molecule has 0 saturated carbocycles. The molecule has 1 saturated heterocycles. The quantitative estimate of drug-likeness (QED) is 0.885. The Balaban J connectivity index is 1.99. The van der Waals surface area contributed by atoms with Gasteiger partial charge in [0, 0.05) is 24.5 Å². The molecule has 1 fully saturated rings. The van der Waals surface area contributed by atoms with Crippen molar-refractivity contribution in [2.45, 2.75) is 45.6 Å². The lowest BCUT2D eigenvalue weighted by atomic mass is 9.84. The van der Waals surface area contributed by atoms with E-state index in [1.54, 1.807) is 4.90 Å². The van der Waals surface area contributed by atoms with Crippen LogP contribution in [0.5, 0.6) is 0 Å². The third-order valence-electron chi connectivity index (χ3n) is 4.77. The van der Waals surface area contributed by atoms with E-state index in [1.165, 1.54) is 11.1 Å². The Morgan fingerprint density at radius 1 is 1.29 bits per heavy atom. The summed E-state index contributed by atoms with van der Waals surface area (Å²) in [6, 6.07) is 7.93. The van der Waals surface area contributed by atoms with E-state index in [0.29, 0.717) is 19.5 Å². The number of benzene rings is 1. The Bertz CT molecular complexity index is 681. The van der Waals surface area contributed by atoms with Crippen LogP contribution in [-0.2, 0) is 15.3 Å². The van der Waals surface area contributed by atoms with Crippen LogP contribution < -0.4 is 5.32 Å². The molecule has 0 aliphatic carbocycles. The minimum atomic E-state index is -3.00. The van der Waals surface area contributed by atoms with Gasteiger partial charge in [0.1, 0.15) is 0 Å². The van der Waals surface area contributed by atoms with Crippen molar-refractivity contribution in [1.29, 1.82) is 0 Å². The molecule has 6 heteroatoms. The summed E-state index contributed by atoms with van der Waals surface area (Å²) in [5.74, 6) is 0.256. The fourth-order valence-corrected chi connectivity index (χ4v) is 4.82. The Morgan fingerprint density at radius 2 is 1.92 bits per heavy atom. The predicted octanol–water partition coefficient (Wildman–Crippen LogP) is 2.49. The maximum absolute atomic E-state index is 12.5. The second-order valence-electron chi connectivity index (χ2n) is 7.25. The van der Waals surface area contributed by atoms with Gasteiger partial charge in [-0.15, -0.1) is 0 Å². The zero-order chi connectivity index (χ0) is 18.0. The zero-order valence-electron chi connectivity index (χ0n) is 15.0. The van der Waals surface area contributed by atoms with Crippen molar-refractivity contribution >= 4 is 15.9 Å². The molecule has 5 nitrogen and oxygen atoms in total. The molecule has 1 N–H and O–H groups in total. The van der Waals surface area contributed by atoms with Crippen LogP contribution >= 0.6 is 0 Å². The number of hydrogen-bond donors (Lipinski definition) is 1. The van der Waals surface area contributed by atoms with Crippen molar-refractivity contribution in [2.24, 2.45) is 0 Å². The van der Waals surface area contributed by atoms with Gasteiger partial charge in [-0.25, -0.2) is 13.2 Å². The fraction of sp³-hybridized carbons (Fsp3) is 0.611. The van der Waals surface area contributed by atoms with Crippen LogP contribution in [0.4, 0.5) is 4.79 Å². The van der Waals surface area contributed by atoms with Gasteiger partial charge in [0.05, 0.1) is 11.5 Å². The third kappa shape index (κ3) is 4.50. The van der Waals surface area contributed by atoms with Crippen molar-refractivity contribution in [2.75, 3.05) is 24.6 Å². The topological polar surface area (TPSA) is 66.5 Å². The van der Waals surface area contributed by atoms with E-state index in [9.17, 15) is 13.2 Å². The average molecular weight is 353 g/mol. The summed E-state index contributed by atoms with van der Waals surface area (Å²) >= 11 is 0. The van der Waals surface area contributed by atoms with Gasteiger partial charge < -0.3 is 10.2 Å². The van der Waals surface area contributed by atoms with Crippen molar-refractivity contribution in [1.82, 2.24) is 10.2 Å². The second-order valence-corrected chi connectivity index (χ2v) is 9.48. The Hall–Kier alpha value is -1.56. The number of nitrogens with zero attached hydrogens (tertiary/aromatic N) is 1. The first-order chi connectivity index (χ1) is 11.1. The largest absolute Gasteiger partial charge is 0.337 e. The summed E-state index contributed by atoms with van der Waals surface area (Å²) in [5.41, 5.74) is 2.18. The van der Waals surface area contributed by atoms with Crippen LogP contribution in [0, 0.1) is 6.92 Å². The van der Waals surface area contributed by atoms with Gasteiger partial charge in [0.25, 0.3) is 0 Å². The molecule has 0 spiro atoms. The smallest absolute Gasteiger partial charge is 0.317 e. The predicted molar refractivity (Wildman–Crippen MR) is 97.0 cm³/mol. The van der Waals surface area contributed by atoms with Crippen LogP contribution in [0.25, 0.3) is 0 Å². The normalized spacial score (nSPS) is 19.9. The summed E-state index contributed by atoms with van der Waals surface area (Å²) in [5, 5.41) is 2.98. The molecule has 1 unspecified atom stereocenters. The number of carbonyl (C=O) groups is 1. The molecule has 1 heterocycles. The van der Waals surface area contributed by atoms with Crippen LogP contribution in [0.15, 0.2) is 24.3 Å². The van der Waals surface area contributed by atoms with Gasteiger partial charge in [-0.1, -0.05) is 43.7 Å². The number of nitrogens with one attached hydrogen (secondary N) is 1. The van der Waals surface area contributed by atoms with Gasteiger partial charge in [-0.05, 0) is 25.8 Å². The molecule has 0 radical (unpaired) electrons. The third-order valence-corrected chi connectivity index (χ3v) is 6.52. The lowest BCUT2D eigenvalue weighted by Gasteiger charge is -2.31. The van der Waals surface area contributed by atoms with Crippen molar-refractivity contribution in [3.63, 3.8) is 0 Å². The van der Waals surface area contributed by atoms with E-state index in [4.69, 9.17) is 0 Å². The number of aryl methyl sites for hydroxylation is 1. The Labute approximate surface area is 145 Å². The molecule has 134 valence electrons. The monoisotopic (exact) mass is 352 g/mol. The van der Waals surface area contributed by atoms with E-state index in [0.717, 1.165) is 0 Å². The summed E-state index contributed by atoms with van der Waals surface area (Å²) < 4.78 is 23.3. The first-order valence-corrected chi connectivity index (χ1v) is 10.3. The van der Waals surface area contributed by atoms with Crippen molar-refractivity contribution in [3.05, 3.63) is 35.4 Å². The average Bonchev–Trinajstić information content (AvgIpc) is 2.86. The molecule has 1 aliphatic rings. The molecule has 0 bridgehead atoms. The Kier molecular flexibility index (Phi) is 5.58. The molecule has 24 heavy (non-hydrogen) atoms. The van der Waals surface area contributed by atoms with E-state index < -0.39 is 9.84 Å². The molecule has 1 aromatic rings. The highest BCUT2D eigenvalue weighted by molar-refractivity contribution is 7.91. The van der Waals surface area contributed by atoms with Crippen LogP contribution in [0.2, 0.25) is 0 Å². The maximum Gasteiger partial charge on any atom is 0.317 e. The van der Waals surface area contributed by atoms with Gasteiger partial charge in [0.15, 0.2) is 9.84 Å². The lowest BCUT2D eigenvalue weighted by molar-refractivity contribution is 0.181. The number of hydrogen-bond acceptors (Lipinski definition) is 3.